The van der Waals surface area contributed by atoms with Crippen LogP contribution in [0.3, 0.4) is 0 Å². The highest BCUT2D eigenvalue weighted by Crippen LogP contribution is 2.39. The first-order chi connectivity index (χ1) is 21.5. The van der Waals surface area contributed by atoms with Gasteiger partial charge in [-0.15, -0.1) is 0 Å². The zero-order valence-corrected chi connectivity index (χ0v) is 25.6. The first-order valence-electron chi connectivity index (χ1n) is 15.2. The van der Waals surface area contributed by atoms with Gasteiger partial charge < -0.3 is 15.7 Å². The number of aromatic nitrogens is 3. The number of pyridine rings is 1. The van der Waals surface area contributed by atoms with Crippen molar-refractivity contribution in [3.63, 3.8) is 0 Å². The summed E-state index contributed by atoms with van der Waals surface area (Å²) in [6.45, 7) is 5.23. The number of aliphatic hydroxyl groups is 1. The average molecular weight is 615 g/mol. The molecule has 1 saturated heterocycles. The molecule has 1 fully saturated rings. The van der Waals surface area contributed by atoms with Crippen molar-refractivity contribution in [1.82, 2.24) is 24.8 Å². The van der Waals surface area contributed by atoms with Gasteiger partial charge in [-0.05, 0) is 57.5 Å². The van der Waals surface area contributed by atoms with E-state index in [-0.39, 0.29) is 54.4 Å². The number of hydrogen-bond donors (Lipinski definition) is 2. The summed E-state index contributed by atoms with van der Waals surface area (Å²) in [7, 11) is 6.76. The van der Waals surface area contributed by atoms with Gasteiger partial charge in [0.25, 0.3) is 5.91 Å². The number of Topliss-reactive ketones (excluding diaryl/α,β-unsaturated/α-hetero) is 1. The number of ketones is 1. The van der Waals surface area contributed by atoms with E-state index in [0.29, 0.717) is 35.9 Å². The van der Waals surface area contributed by atoms with Gasteiger partial charge in [-0.1, -0.05) is 24.6 Å². The van der Waals surface area contributed by atoms with E-state index in [2.05, 4.69) is 19.9 Å². The molecule has 0 saturated carbocycles. The van der Waals surface area contributed by atoms with E-state index in [1.165, 1.54) is 29.4 Å². The standard InChI is InChI=1S/C33H37BF2N6O3/c1-3-24(44)8-12-33(34,20(2)11-15-43)42-19-27-25(32(42)45)5-6-26(29(27)36)28-7-4-22(30(37)40-28)18-41-13-9-21(10-14-41)31-38-16-23(35)17-39-31/h4-7,11,16-17,21,43H,3,8-10,12-15,18-19H2,1-2H3,(H2,37,40)/b20-11-. The Kier molecular flexibility index (Phi) is 9.74. The van der Waals surface area contributed by atoms with Gasteiger partial charge in [-0.25, -0.2) is 23.7 Å². The molecule has 12 heteroatoms. The third-order valence-electron chi connectivity index (χ3n) is 9.05. The Labute approximate surface area is 263 Å². The van der Waals surface area contributed by atoms with Crippen LogP contribution in [0, 0.1) is 11.6 Å². The van der Waals surface area contributed by atoms with E-state index < -0.39 is 23.0 Å². The van der Waals surface area contributed by atoms with Crippen molar-refractivity contribution in [2.24, 2.45) is 0 Å². The quantitative estimate of drug-likeness (QED) is 0.242. The Bertz CT molecular complexity index is 1610. The Morgan fingerprint density at radius 1 is 1.16 bits per heavy atom. The lowest BCUT2D eigenvalue weighted by Crippen LogP contribution is -2.51. The molecule has 3 N–H and O–H groups in total. The van der Waals surface area contributed by atoms with E-state index >= 15 is 4.39 Å². The fourth-order valence-electron chi connectivity index (χ4n) is 6.15. The molecule has 2 radical (unpaired) electrons. The molecule has 234 valence electrons. The maximum absolute atomic E-state index is 16.1. The number of carbonyl (C=O) groups excluding carboxylic acids is 2. The van der Waals surface area contributed by atoms with Crippen LogP contribution in [-0.4, -0.2) is 74.5 Å². The number of nitrogen functional groups attached to an aromatic ring is 1. The van der Waals surface area contributed by atoms with Gasteiger partial charge in [0.1, 0.15) is 31.1 Å². The van der Waals surface area contributed by atoms with Gasteiger partial charge in [0.15, 0.2) is 5.82 Å². The Hall–Kier alpha value is -4.03. The zero-order valence-electron chi connectivity index (χ0n) is 25.6. The number of rotatable bonds is 11. The van der Waals surface area contributed by atoms with Gasteiger partial charge in [0.2, 0.25) is 0 Å². The third kappa shape index (κ3) is 6.67. The van der Waals surface area contributed by atoms with Crippen LogP contribution in [0.25, 0.3) is 11.3 Å². The number of likely N-dealkylation sites (tertiary alicyclic amines) is 1. The number of hydrogen-bond acceptors (Lipinski definition) is 8. The second-order valence-electron chi connectivity index (χ2n) is 11.8. The number of piperidine rings is 1. The topological polar surface area (TPSA) is 126 Å². The number of fused-ring (bicyclic) bond motifs is 1. The smallest absolute Gasteiger partial charge is 0.254 e. The number of benzene rings is 1. The molecule has 5 rings (SSSR count). The van der Waals surface area contributed by atoms with Crippen LogP contribution in [0.2, 0.25) is 0 Å². The van der Waals surface area contributed by atoms with Crippen molar-refractivity contribution in [2.45, 2.75) is 70.4 Å². The van der Waals surface area contributed by atoms with Crippen molar-refractivity contribution in [1.29, 1.82) is 0 Å². The first-order valence-corrected chi connectivity index (χ1v) is 15.2. The molecule has 1 unspecified atom stereocenters. The SMILES string of the molecule is [B]C(CCC(=O)CC)(/C(C)=C\CO)N1Cc2c(ccc(-c3ccc(CN4CCC(c5ncc(F)cn5)CC4)c(N)n3)c2F)C1=O. The Balaban J connectivity index is 1.31. The summed E-state index contributed by atoms with van der Waals surface area (Å²) in [4.78, 5) is 42.0. The van der Waals surface area contributed by atoms with E-state index in [0.717, 1.165) is 31.5 Å². The fraction of sp³-hybridized carbons (Fsp3) is 0.424. The summed E-state index contributed by atoms with van der Waals surface area (Å²) in [5, 5.41) is 9.51. The van der Waals surface area contributed by atoms with Crippen molar-refractivity contribution >= 4 is 25.4 Å². The normalized spacial score (nSPS) is 17.4. The summed E-state index contributed by atoms with van der Waals surface area (Å²) in [5.74, 6) is -0.356. The van der Waals surface area contributed by atoms with Crippen molar-refractivity contribution in [3.8, 4) is 11.3 Å². The number of halogens is 2. The van der Waals surface area contributed by atoms with Crippen molar-refractivity contribution < 1.29 is 23.5 Å². The van der Waals surface area contributed by atoms with Crippen molar-refractivity contribution in [2.75, 3.05) is 25.4 Å². The predicted molar refractivity (Wildman–Crippen MR) is 167 cm³/mol. The molecule has 9 nitrogen and oxygen atoms in total. The second kappa shape index (κ2) is 13.5. The average Bonchev–Trinajstić information content (AvgIpc) is 3.39. The summed E-state index contributed by atoms with van der Waals surface area (Å²) >= 11 is 0. The first kappa shape index (κ1) is 32.4. The number of nitrogens with zero attached hydrogens (tertiary/aromatic N) is 5. The lowest BCUT2D eigenvalue weighted by atomic mass is 9.67. The molecular formula is C33H37BF2N6O3. The molecule has 4 heterocycles. The minimum atomic E-state index is -1.37. The molecular weight excluding hydrogens is 577 g/mol. The van der Waals surface area contributed by atoms with Crippen LogP contribution < -0.4 is 5.73 Å². The van der Waals surface area contributed by atoms with Gasteiger partial charge >= 0.3 is 0 Å². The highest BCUT2D eigenvalue weighted by molar-refractivity contribution is 6.20. The lowest BCUT2D eigenvalue weighted by Gasteiger charge is -2.41. The Morgan fingerprint density at radius 3 is 2.49 bits per heavy atom. The molecule has 1 amide bonds. The van der Waals surface area contributed by atoms with Gasteiger partial charge in [0, 0.05) is 59.5 Å². The second-order valence-corrected chi connectivity index (χ2v) is 11.8. The molecule has 2 aromatic heterocycles. The number of anilines is 1. The Morgan fingerprint density at radius 2 is 1.84 bits per heavy atom. The molecule has 2 aliphatic rings. The highest BCUT2D eigenvalue weighted by Gasteiger charge is 2.42. The fourth-order valence-corrected chi connectivity index (χ4v) is 6.15. The van der Waals surface area contributed by atoms with Crippen LogP contribution in [0.1, 0.15) is 79.2 Å². The molecule has 0 bridgehead atoms. The number of aliphatic hydroxyl groups excluding tert-OH is 1. The molecule has 1 atom stereocenters. The number of nitrogens with two attached hydrogens (primary N) is 1. The third-order valence-corrected chi connectivity index (χ3v) is 9.05. The molecule has 1 aromatic carbocycles. The monoisotopic (exact) mass is 614 g/mol. The van der Waals surface area contributed by atoms with Crippen LogP contribution >= 0.6 is 0 Å². The van der Waals surface area contributed by atoms with Crippen molar-refractivity contribution in [3.05, 3.63) is 82.5 Å². The van der Waals surface area contributed by atoms with E-state index in [4.69, 9.17) is 13.6 Å². The largest absolute Gasteiger partial charge is 0.392 e. The zero-order chi connectivity index (χ0) is 32.3. The molecule has 0 aliphatic carbocycles. The van der Waals surface area contributed by atoms with E-state index in [1.54, 1.807) is 26.0 Å². The van der Waals surface area contributed by atoms with Gasteiger partial charge in [0.05, 0.1) is 24.7 Å². The van der Waals surface area contributed by atoms with Gasteiger partial charge in [-0.2, -0.15) is 0 Å². The summed E-state index contributed by atoms with van der Waals surface area (Å²) in [5.41, 5.74) is 7.28. The summed E-state index contributed by atoms with van der Waals surface area (Å²) in [6.07, 6.45) is 6.20. The molecule has 0 spiro atoms. The summed E-state index contributed by atoms with van der Waals surface area (Å²) < 4.78 is 29.3. The minimum absolute atomic E-state index is 0.00422. The summed E-state index contributed by atoms with van der Waals surface area (Å²) in [6, 6.07) is 6.66. The maximum Gasteiger partial charge on any atom is 0.254 e. The number of carbonyl (C=O) groups is 2. The lowest BCUT2D eigenvalue weighted by molar-refractivity contribution is -0.119. The number of amides is 1. The minimum Gasteiger partial charge on any atom is -0.392 e. The molecule has 2 aliphatic heterocycles. The van der Waals surface area contributed by atoms with Gasteiger partial charge in [-0.3, -0.25) is 14.5 Å². The van der Waals surface area contributed by atoms with Crippen LogP contribution in [0.5, 0.6) is 0 Å². The van der Waals surface area contributed by atoms with Crippen LogP contribution in [-0.2, 0) is 17.9 Å². The predicted octanol–water partition coefficient (Wildman–Crippen LogP) is 4.30. The molecule has 3 aromatic rings. The van der Waals surface area contributed by atoms with Crippen LogP contribution in [0.4, 0.5) is 14.6 Å². The van der Waals surface area contributed by atoms with Crippen LogP contribution in [0.15, 0.2) is 48.3 Å². The maximum atomic E-state index is 16.1. The van der Waals surface area contributed by atoms with E-state index in [1.807, 2.05) is 6.07 Å². The highest BCUT2D eigenvalue weighted by atomic mass is 19.1. The molecule has 45 heavy (non-hydrogen) atoms. The van der Waals surface area contributed by atoms with E-state index in [9.17, 15) is 19.1 Å².